The monoisotopic (exact) mass is 991 g/mol. The van der Waals surface area contributed by atoms with Crippen LogP contribution in [-0.2, 0) is 11.8 Å². The minimum Gasteiger partial charge on any atom is -0.456 e. The van der Waals surface area contributed by atoms with Crippen molar-refractivity contribution in [2.45, 2.75) is 110 Å². The first-order valence-electron chi connectivity index (χ1n) is 28.3. The van der Waals surface area contributed by atoms with Crippen molar-refractivity contribution in [3.05, 3.63) is 286 Å². The van der Waals surface area contributed by atoms with E-state index in [1.165, 1.54) is 138 Å². The van der Waals surface area contributed by atoms with Gasteiger partial charge in [-0.05, 0) is 168 Å². The van der Waals surface area contributed by atoms with E-state index >= 15 is 0 Å². The van der Waals surface area contributed by atoms with E-state index in [0.29, 0.717) is 5.92 Å². The molecule has 0 saturated heterocycles. The molecule has 8 aromatic carbocycles. The van der Waals surface area contributed by atoms with Crippen LogP contribution in [0, 0.1) is 13.8 Å². The van der Waals surface area contributed by atoms with Gasteiger partial charge in [0.1, 0.15) is 11.2 Å². The van der Waals surface area contributed by atoms with Crippen molar-refractivity contribution in [3.8, 4) is 22.3 Å². The van der Waals surface area contributed by atoms with Crippen LogP contribution in [0.5, 0.6) is 0 Å². The molecule has 2 unspecified atom stereocenters. The van der Waals surface area contributed by atoms with E-state index in [4.69, 9.17) is 4.42 Å². The third-order valence-corrected chi connectivity index (χ3v) is 15.8. The quantitative estimate of drug-likeness (QED) is 0.131. The molecule has 9 aromatic rings. The predicted octanol–water partition coefficient (Wildman–Crippen LogP) is 21.3. The largest absolute Gasteiger partial charge is 0.456 e. The standard InChI is InChI=1S/C41H38.C19H14O.C13H16.C2H6/c1-2-3-13-30-14-12-15-33(28-30)31-22-24-32(25-23-31)34-26-27-40-38(29-34)37-20-10-11-21-39(37)41(40,35-16-6-4-7-17-35)36-18-8-5-9-19-36;1-13-9-11-14(12-10-13)15-6-4-8-18-19(15)16-5-2-3-7-17(16)20-18;1-11-7-9-13(10-8-11)12-5-3-2-4-6-12;1-2/h4,6-8,10-12,14-22,24,26-29H,2-3,5,9,13,23,25H2,1H3;2-12H,1H3;3,5,7-10,12H,2,4,6H2,1H3;1-2H3. The number of benzene rings is 8. The third-order valence-electron chi connectivity index (χ3n) is 15.8. The fraction of sp³-hybridized carbons (Fsp3) is 0.227. The zero-order valence-electron chi connectivity index (χ0n) is 45.5. The molecule has 13 rings (SSSR count). The van der Waals surface area contributed by atoms with Gasteiger partial charge in [-0.1, -0.05) is 251 Å². The lowest BCUT2D eigenvalue weighted by Gasteiger charge is -2.35. The second-order valence-corrected chi connectivity index (χ2v) is 20.8. The van der Waals surface area contributed by atoms with Crippen molar-refractivity contribution in [1.29, 1.82) is 0 Å². The van der Waals surface area contributed by atoms with E-state index < -0.39 is 0 Å². The first kappa shape index (κ1) is 51.7. The van der Waals surface area contributed by atoms with Crippen molar-refractivity contribution in [2.75, 3.05) is 0 Å². The first-order chi connectivity index (χ1) is 37.5. The van der Waals surface area contributed by atoms with Gasteiger partial charge in [0, 0.05) is 16.7 Å². The summed E-state index contributed by atoms with van der Waals surface area (Å²) in [7, 11) is 0. The zero-order valence-corrected chi connectivity index (χ0v) is 45.5. The van der Waals surface area contributed by atoms with Crippen molar-refractivity contribution < 1.29 is 4.42 Å². The molecule has 1 nitrogen and oxygen atoms in total. The van der Waals surface area contributed by atoms with Gasteiger partial charge >= 0.3 is 0 Å². The number of fused-ring (bicyclic) bond motifs is 6. The summed E-state index contributed by atoms with van der Waals surface area (Å²) in [6, 6.07) is 68.8. The van der Waals surface area contributed by atoms with E-state index in [9.17, 15) is 0 Å². The highest BCUT2D eigenvalue weighted by molar-refractivity contribution is 6.12. The minimum atomic E-state index is -0.278. The zero-order chi connectivity index (χ0) is 52.3. The average Bonchev–Trinajstić information content (AvgIpc) is 4.26. The van der Waals surface area contributed by atoms with E-state index in [1.54, 1.807) is 0 Å². The summed E-state index contributed by atoms with van der Waals surface area (Å²) in [6.07, 6.45) is 28.6. The number of aryl methyl sites for hydroxylation is 3. The Bertz CT molecular complexity index is 3570. The summed E-state index contributed by atoms with van der Waals surface area (Å²) >= 11 is 0. The molecule has 0 aliphatic heterocycles. The van der Waals surface area contributed by atoms with Gasteiger partial charge in [0.05, 0.1) is 5.41 Å². The van der Waals surface area contributed by atoms with Crippen molar-refractivity contribution >= 4 is 33.1 Å². The number of allylic oxidation sites excluding steroid dienone is 10. The van der Waals surface area contributed by atoms with Gasteiger partial charge in [-0.25, -0.2) is 0 Å². The molecule has 0 spiro atoms. The van der Waals surface area contributed by atoms with E-state index in [0.717, 1.165) is 36.8 Å². The highest BCUT2D eigenvalue weighted by atomic mass is 16.3. The van der Waals surface area contributed by atoms with Gasteiger partial charge in [0.25, 0.3) is 0 Å². The highest BCUT2D eigenvalue weighted by Crippen LogP contribution is 2.57. The Balaban J connectivity index is 0.000000154. The fourth-order valence-electron chi connectivity index (χ4n) is 11.9. The Morgan fingerprint density at radius 2 is 1.20 bits per heavy atom. The van der Waals surface area contributed by atoms with Crippen LogP contribution in [0.4, 0.5) is 0 Å². The molecule has 0 N–H and O–H groups in total. The molecule has 0 fully saturated rings. The Kier molecular flexibility index (Phi) is 16.5. The molecular weight excluding hydrogens is 917 g/mol. The molecule has 76 heavy (non-hydrogen) atoms. The fourth-order valence-corrected chi connectivity index (χ4v) is 11.9. The summed E-state index contributed by atoms with van der Waals surface area (Å²) < 4.78 is 5.94. The number of para-hydroxylation sites is 1. The number of furan rings is 1. The summed E-state index contributed by atoms with van der Waals surface area (Å²) in [6.45, 7) is 10.5. The number of unbranched alkanes of at least 4 members (excludes halogenated alkanes) is 1. The summed E-state index contributed by atoms with van der Waals surface area (Å²) in [4.78, 5) is 0. The van der Waals surface area contributed by atoms with Gasteiger partial charge in [0.15, 0.2) is 0 Å². The maximum absolute atomic E-state index is 5.94. The minimum absolute atomic E-state index is 0.278. The van der Waals surface area contributed by atoms with Crippen LogP contribution in [0.25, 0.3) is 55.3 Å². The Morgan fingerprint density at radius 1 is 0.539 bits per heavy atom. The number of rotatable bonds is 9. The lowest BCUT2D eigenvalue weighted by atomic mass is 9.66. The molecule has 2 atom stereocenters. The van der Waals surface area contributed by atoms with Gasteiger partial charge in [-0.3, -0.25) is 0 Å². The molecular formula is C75H74O. The predicted molar refractivity (Wildman–Crippen MR) is 327 cm³/mol. The van der Waals surface area contributed by atoms with Gasteiger partial charge < -0.3 is 4.42 Å². The van der Waals surface area contributed by atoms with Crippen molar-refractivity contribution in [1.82, 2.24) is 0 Å². The topological polar surface area (TPSA) is 13.1 Å². The lowest BCUT2D eigenvalue weighted by Crippen LogP contribution is -2.29. The molecule has 1 heteroatoms. The molecule has 1 aromatic heterocycles. The molecule has 0 radical (unpaired) electrons. The van der Waals surface area contributed by atoms with Crippen LogP contribution in [-0.4, -0.2) is 0 Å². The van der Waals surface area contributed by atoms with Gasteiger partial charge in [-0.2, -0.15) is 0 Å². The molecule has 1 heterocycles. The SMILES string of the molecule is CC.CCCCc1cccc(C2=CC=C(c3ccc4c(c3)-c3ccccc3C4(C3=CCCC=C3)c3ccccc3)CC2)c1.Cc1ccc(-c2cccc3oc4ccccc4c23)cc1.Cc1ccc(C2C=CCCC2)cc1. The van der Waals surface area contributed by atoms with Gasteiger partial charge in [0.2, 0.25) is 0 Å². The third kappa shape index (κ3) is 10.9. The first-order valence-corrected chi connectivity index (χ1v) is 28.3. The second kappa shape index (κ2) is 24.3. The molecule has 4 aliphatic carbocycles. The smallest absolute Gasteiger partial charge is 0.136 e. The van der Waals surface area contributed by atoms with Crippen LogP contribution in [0.1, 0.15) is 135 Å². The number of hydrogen-bond acceptors (Lipinski definition) is 1. The van der Waals surface area contributed by atoms with E-state index in [2.05, 4.69) is 233 Å². The van der Waals surface area contributed by atoms with Crippen molar-refractivity contribution in [2.24, 2.45) is 0 Å². The summed E-state index contributed by atoms with van der Waals surface area (Å²) in [5, 5.41) is 2.38. The second-order valence-electron chi connectivity index (χ2n) is 20.8. The molecule has 0 amide bonds. The van der Waals surface area contributed by atoms with Crippen LogP contribution in [0.3, 0.4) is 0 Å². The number of hydrogen-bond donors (Lipinski definition) is 0. The maximum Gasteiger partial charge on any atom is 0.136 e. The van der Waals surface area contributed by atoms with E-state index in [1.807, 2.05) is 32.0 Å². The van der Waals surface area contributed by atoms with Crippen LogP contribution < -0.4 is 0 Å². The summed E-state index contributed by atoms with van der Waals surface area (Å²) in [5.74, 6) is 0.675. The molecule has 0 bridgehead atoms. The molecule has 4 aliphatic rings. The lowest BCUT2D eigenvalue weighted by molar-refractivity contribution is 0.654. The Hall–Kier alpha value is -7.74. The normalized spacial score (nSPS) is 17.1. The van der Waals surface area contributed by atoms with Gasteiger partial charge in [-0.15, -0.1) is 0 Å². The molecule has 380 valence electrons. The maximum atomic E-state index is 5.94. The van der Waals surface area contributed by atoms with Crippen molar-refractivity contribution in [3.63, 3.8) is 0 Å². The van der Waals surface area contributed by atoms with E-state index in [-0.39, 0.29) is 5.41 Å². The van der Waals surface area contributed by atoms with Crippen LogP contribution in [0.15, 0.2) is 241 Å². The molecule has 0 saturated carbocycles. The Labute approximate surface area is 453 Å². The Morgan fingerprint density at radius 3 is 1.92 bits per heavy atom. The van der Waals surface area contributed by atoms with Crippen LogP contribution in [0.2, 0.25) is 0 Å². The average molecular weight is 991 g/mol. The summed E-state index contributed by atoms with van der Waals surface area (Å²) in [5.41, 5.74) is 23.6. The highest BCUT2D eigenvalue weighted by Gasteiger charge is 2.46. The van der Waals surface area contributed by atoms with Crippen LogP contribution >= 0.6 is 0 Å².